The van der Waals surface area contributed by atoms with Crippen LogP contribution < -0.4 is 5.32 Å². The quantitative estimate of drug-likeness (QED) is 0.813. The minimum absolute atomic E-state index is 0.628. The van der Waals surface area contributed by atoms with Crippen LogP contribution in [0, 0.1) is 5.92 Å². The van der Waals surface area contributed by atoms with Gasteiger partial charge in [-0.05, 0) is 31.7 Å². The normalized spacial score (nSPS) is 20.1. The van der Waals surface area contributed by atoms with Crippen molar-refractivity contribution in [1.82, 2.24) is 15.1 Å². The van der Waals surface area contributed by atoms with E-state index in [9.17, 15) is 0 Å². The van der Waals surface area contributed by atoms with Crippen molar-refractivity contribution in [1.29, 1.82) is 0 Å². The molecule has 1 aliphatic carbocycles. The molecular formula is C14H25N3. The van der Waals surface area contributed by atoms with Gasteiger partial charge in [0.15, 0.2) is 0 Å². The Kier molecular flexibility index (Phi) is 4.60. The van der Waals surface area contributed by atoms with E-state index < -0.39 is 0 Å². The molecule has 3 nitrogen and oxygen atoms in total. The van der Waals surface area contributed by atoms with Gasteiger partial charge in [0.05, 0.1) is 5.69 Å². The van der Waals surface area contributed by atoms with Crippen LogP contribution in [0.4, 0.5) is 0 Å². The van der Waals surface area contributed by atoms with E-state index in [4.69, 9.17) is 0 Å². The monoisotopic (exact) mass is 235 g/mol. The van der Waals surface area contributed by atoms with Gasteiger partial charge >= 0.3 is 0 Å². The van der Waals surface area contributed by atoms with Gasteiger partial charge in [-0.15, -0.1) is 0 Å². The second-order valence-corrected chi connectivity index (χ2v) is 5.37. The molecule has 3 heteroatoms. The Hall–Kier alpha value is -0.830. The number of aryl methyl sites for hydroxylation is 1. The highest BCUT2D eigenvalue weighted by atomic mass is 15.3. The van der Waals surface area contributed by atoms with E-state index >= 15 is 0 Å². The van der Waals surface area contributed by atoms with Crippen LogP contribution in [0.3, 0.4) is 0 Å². The molecule has 17 heavy (non-hydrogen) atoms. The first-order chi connectivity index (χ1) is 8.27. The lowest BCUT2D eigenvalue weighted by Crippen LogP contribution is -2.33. The molecule has 1 aromatic heterocycles. The minimum Gasteiger partial charge on any atom is -0.308 e. The second kappa shape index (κ2) is 6.20. The molecule has 1 aromatic rings. The molecule has 1 atom stereocenters. The van der Waals surface area contributed by atoms with E-state index in [1.165, 1.54) is 44.2 Å². The molecule has 0 spiro atoms. The highest BCUT2D eigenvalue weighted by Crippen LogP contribution is 2.25. The summed E-state index contributed by atoms with van der Waals surface area (Å²) in [5.74, 6) is 0.866. The summed E-state index contributed by atoms with van der Waals surface area (Å²) >= 11 is 0. The Morgan fingerprint density at radius 2 is 2.06 bits per heavy atom. The van der Waals surface area contributed by atoms with Gasteiger partial charge in [-0.1, -0.05) is 25.7 Å². The Balaban J connectivity index is 1.80. The third-order valence-electron chi connectivity index (χ3n) is 4.13. The van der Waals surface area contributed by atoms with Crippen LogP contribution in [0.2, 0.25) is 0 Å². The molecule has 96 valence electrons. The van der Waals surface area contributed by atoms with Crippen molar-refractivity contribution in [3.8, 4) is 0 Å². The van der Waals surface area contributed by atoms with Crippen LogP contribution in [0.1, 0.15) is 51.1 Å². The molecule has 1 aliphatic rings. The van der Waals surface area contributed by atoms with Gasteiger partial charge in [0.25, 0.3) is 0 Å². The predicted octanol–water partition coefficient (Wildman–Crippen LogP) is 2.87. The van der Waals surface area contributed by atoms with Crippen LogP contribution in [0.5, 0.6) is 0 Å². The van der Waals surface area contributed by atoms with Gasteiger partial charge in [-0.25, -0.2) is 0 Å². The molecule has 1 fully saturated rings. The fourth-order valence-corrected chi connectivity index (χ4v) is 2.82. The van der Waals surface area contributed by atoms with Crippen molar-refractivity contribution in [2.24, 2.45) is 13.0 Å². The van der Waals surface area contributed by atoms with Crippen LogP contribution >= 0.6 is 0 Å². The topological polar surface area (TPSA) is 29.9 Å². The van der Waals surface area contributed by atoms with Gasteiger partial charge in [0.1, 0.15) is 0 Å². The summed E-state index contributed by atoms with van der Waals surface area (Å²) in [6, 6.07) is 2.72. The summed E-state index contributed by atoms with van der Waals surface area (Å²) in [7, 11) is 2.01. The average Bonchev–Trinajstić information content (AvgIpc) is 2.58. The maximum Gasteiger partial charge on any atom is 0.0518 e. The van der Waals surface area contributed by atoms with Crippen molar-refractivity contribution in [2.75, 3.05) is 0 Å². The zero-order chi connectivity index (χ0) is 12.1. The lowest BCUT2D eigenvalue weighted by atomic mass is 9.93. The molecule has 1 heterocycles. The molecule has 2 rings (SSSR count). The molecule has 0 amide bonds. The maximum atomic E-state index is 4.20. The lowest BCUT2D eigenvalue weighted by molar-refractivity contribution is 0.334. The van der Waals surface area contributed by atoms with Gasteiger partial charge in [-0.3, -0.25) is 4.68 Å². The number of nitrogens with one attached hydrogen (secondary N) is 1. The van der Waals surface area contributed by atoms with Gasteiger partial charge < -0.3 is 5.32 Å². The fourth-order valence-electron chi connectivity index (χ4n) is 2.82. The zero-order valence-corrected chi connectivity index (χ0v) is 11.2. The minimum atomic E-state index is 0.628. The van der Waals surface area contributed by atoms with Crippen molar-refractivity contribution in [3.63, 3.8) is 0 Å². The van der Waals surface area contributed by atoms with Crippen LogP contribution in [0.25, 0.3) is 0 Å². The highest BCUT2D eigenvalue weighted by molar-refractivity contribution is 4.99. The fraction of sp³-hybridized carbons (Fsp3) is 0.786. The Morgan fingerprint density at radius 1 is 1.35 bits per heavy atom. The van der Waals surface area contributed by atoms with E-state index in [1.54, 1.807) is 0 Å². The van der Waals surface area contributed by atoms with Crippen molar-refractivity contribution >= 4 is 0 Å². The number of rotatable bonds is 4. The summed E-state index contributed by atoms with van der Waals surface area (Å²) in [6.07, 6.45) is 10.4. The summed E-state index contributed by atoms with van der Waals surface area (Å²) in [5, 5.41) is 7.86. The largest absolute Gasteiger partial charge is 0.308 e. The molecule has 0 aromatic carbocycles. The Morgan fingerprint density at radius 3 is 2.65 bits per heavy atom. The van der Waals surface area contributed by atoms with Crippen LogP contribution in [0.15, 0.2) is 12.3 Å². The van der Waals surface area contributed by atoms with Crippen molar-refractivity contribution in [2.45, 2.75) is 58.0 Å². The molecule has 0 unspecified atom stereocenters. The molecule has 0 bridgehead atoms. The number of hydrogen-bond donors (Lipinski definition) is 1. The molecule has 1 N–H and O–H groups in total. The molecular weight excluding hydrogens is 210 g/mol. The van der Waals surface area contributed by atoms with E-state index in [0.29, 0.717) is 6.04 Å². The molecule has 0 radical (unpaired) electrons. The van der Waals surface area contributed by atoms with E-state index in [-0.39, 0.29) is 0 Å². The first-order valence-corrected chi connectivity index (χ1v) is 6.97. The van der Waals surface area contributed by atoms with E-state index in [1.807, 2.05) is 17.9 Å². The Labute approximate surface area is 105 Å². The number of hydrogen-bond acceptors (Lipinski definition) is 2. The zero-order valence-electron chi connectivity index (χ0n) is 11.2. The lowest BCUT2D eigenvalue weighted by Gasteiger charge is -2.23. The molecule has 0 aliphatic heterocycles. The number of nitrogens with zero attached hydrogens (tertiary/aromatic N) is 2. The van der Waals surface area contributed by atoms with E-state index in [2.05, 4.69) is 23.4 Å². The highest BCUT2D eigenvalue weighted by Gasteiger charge is 2.18. The third-order valence-corrected chi connectivity index (χ3v) is 4.13. The second-order valence-electron chi connectivity index (χ2n) is 5.37. The van der Waals surface area contributed by atoms with Crippen molar-refractivity contribution in [3.05, 3.63) is 18.0 Å². The predicted molar refractivity (Wildman–Crippen MR) is 70.7 cm³/mol. The average molecular weight is 235 g/mol. The van der Waals surface area contributed by atoms with Crippen molar-refractivity contribution < 1.29 is 0 Å². The first-order valence-electron chi connectivity index (χ1n) is 6.97. The maximum absolute atomic E-state index is 4.20. The number of aromatic nitrogens is 2. The SMILES string of the molecule is C[C@@H](NCc1ccnn1C)C1CCCCCC1. The van der Waals surface area contributed by atoms with E-state index in [0.717, 1.165) is 12.5 Å². The summed E-state index contributed by atoms with van der Waals surface area (Å²) in [6.45, 7) is 3.28. The van der Waals surface area contributed by atoms with Gasteiger partial charge in [-0.2, -0.15) is 5.10 Å². The van der Waals surface area contributed by atoms with Crippen LogP contribution in [-0.2, 0) is 13.6 Å². The molecule has 0 saturated heterocycles. The Bertz CT molecular complexity index is 324. The standard InChI is InChI=1S/C14H25N3/c1-12(13-7-5-3-4-6-8-13)15-11-14-9-10-16-17(14)2/h9-10,12-13,15H,3-8,11H2,1-2H3/t12-/m1/s1. The first kappa shape index (κ1) is 12.6. The third kappa shape index (κ3) is 3.56. The van der Waals surface area contributed by atoms with Crippen LogP contribution in [-0.4, -0.2) is 15.8 Å². The van der Waals surface area contributed by atoms with Gasteiger partial charge in [0, 0.05) is 25.8 Å². The summed E-state index contributed by atoms with van der Waals surface area (Å²) in [4.78, 5) is 0. The molecule has 1 saturated carbocycles. The smallest absolute Gasteiger partial charge is 0.0518 e. The van der Waals surface area contributed by atoms with Gasteiger partial charge in [0.2, 0.25) is 0 Å². The summed E-state index contributed by atoms with van der Waals surface area (Å²) in [5.41, 5.74) is 1.27. The summed E-state index contributed by atoms with van der Waals surface area (Å²) < 4.78 is 1.95.